The standard InChI is InChI=1S/C17H20FN3O/c1-13-4-2-6-15(10-13)16(21-17(22)20-9-7-18)11-14-5-3-8-19-12-14/h2-6,8,10,12,16H,7,9,11H2,1H3,(H2,20,21,22). The molecule has 1 unspecified atom stereocenters. The molecule has 1 atom stereocenters. The Morgan fingerprint density at radius 2 is 2.18 bits per heavy atom. The van der Waals surface area contributed by atoms with Crippen LogP contribution in [0.3, 0.4) is 0 Å². The van der Waals surface area contributed by atoms with Gasteiger partial charge in [-0.05, 0) is 30.5 Å². The van der Waals surface area contributed by atoms with Crippen LogP contribution in [0.25, 0.3) is 0 Å². The number of hydrogen-bond acceptors (Lipinski definition) is 2. The summed E-state index contributed by atoms with van der Waals surface area (Å²) in [5.74, 6) is 0. The lowest BCUT2D eigenvalue weighted by molar-refractivity contribution is 0.236. The van der Waals surface area contributed by atoms with Gasteiger partial charge in [-0.2, -0.15) is 0 Å². The summed E-state index contributed by atoms with van der Waals surface area (Å²) < 4.78 is 12.2. The molecule has 0 saturated heterocycles. The van der Waals surface area contributed by atoms with Gasteiger partial charge < -0.3 is 10.6 Å². The number of nitrogens with zero attached hydrogens (tertiary/aromatic N) is 1. The molecule has 0 aliphatic rings. The number of carbonyl (C=O) groups is 1. The molecule has 5 heteroatoms. The summed E-state index contributed by atoms with van der Waals surface area (Å²) in [6, 6.07) is 11.3. The molecule has 2 rings (SSSR count). The zero-order valence-corrected chi connectivity index (χ0v) is 12.6. The van der Waals surface area contributed by atoms with E-state index in [9.17, 15) is 9.18 Å². The van der Waals surface area contributed by atoms with Crippen molar-refractivity contribution in [3.05, 3.63) is 65.5 Å². The molecule has 116 valence electrons. The minimum atomic E-state index is -0.578. The van der Waals surface area contributed by atoms with Gasteiger partial charge in [0.25, 0.3) is 0 Å². The summed E-state index contributed by atoms with van der Waals surface area (Å²) in [4.78, 5) is 16.0. The number of nitrogens with one attached hydrogen (secondary N) is 2. The molecule has 0 saturated carbocycles. The summed E-state index contributed by atoms with van der Waals surface area (Å²) in [5.41, 5.74) is 3.17. The molecule has 0 radical (unpaired) electrons. The van der Waals surface area contributed by atoms with Crippen LogP contribution in [0.5, 0.6) is 0 Å². The zero-order chi connectivity index (χ0) is 15.8. The summed E-state index contributed by atoms with van der Waals surface area (Å²) >= 11 is 0. The van der Waals surface area contributed by atoms with E-state index in [1.807, 2.05) is 43.3 Å². The number of halogens is 1. The summed E-state index contributed by atoms with van der Waals surface area (Å²) in [6.07, 6.45) is 4.12. The lowest BCUT2D eigenvalue weighted by Crippen LogP contribution is -2.39. The average Bonchev–Trinajstić information content (AvgIpc) is 2.53. The van der Waals surface area contributed by atoms with E-state index < -0.39 is 6.67 Å². The Labute approximate surface area is 129 Å². The predicted octanol–water partition coefficient (Wildman–Crippen LogP) is 2.94. The zero-order valence-electron chi connectivity index (χ0n) is 12.6. The number of pyridine rings is 1. The van der Waals surface area contributed by atoms with Crippen LogP contribution >= 0.6 is 0 Å². The Hall–Kier alpha value is -2.43. The van der Waals surface area contributed by atoms with Crippen molar-refractivity contribution in [1.82, 2.24) is 15.6 Å². The minimum Gasteiger partial charge on any atom is -0.336 e. The number of alkyl halides is 1. The van der Waals surface area contributed by atoms with E-state index >= 15 is 0 Å². The summed E-state index contributed by atoms with van der Waals surface area (Å²) in [6.45, 7) is 1.44. The normalized spacial score (nSPS) is 11.7. The number of amides is 2. The van der Waals surface area contributed by atoms with E-state index in [1.165, 1.54) is 0 Å². The second kappa shape index (κ2) is 8.12. The van der Waals surface area contributed by atoms with Crippen molar-refractivity contribution >= 4 is 6.03 Å². The maximum atomic E-state index is 12.2. The number of aromatic nitrogens is 1. The van der Waals surface area contributed by atoms with Crippen LogP contribution in [0.2, 0.25) is 0 Å². The lowest BCUT2D eigenvalue weighted by Gasteiger charge is -2.20. The van der Waals surface area contributed by atoms with Gasteiger partial charge >= 0.3 is 6.03 Å². The summed E-state index contributed by atoms with van der Waals surface area (Å²) in [5, 5.41) is 5.39. The lowest BCUT2D eigenvalue weighted by atomic mass is 9.98. The molecule has 2 N–H and O–H groups in total. The maximum absolute atomic E-state index is 12.2. The highest BCUT2D eigenvalue weighted by molar-refractivity contribution is 5.74. The Morgan fingerprint density at radius 1 is 1.32 bits per heavy atom. The highest BCUT2D eigenvalue weighted by Gasteiger charge is 2.15. The van der Waals surface area contributed by atoms with Gasteiger partial charge in [-0.3, -0.25) is 4.98 Å². The third kappa shape index (κ3) is 4.84. The van der Waals surface area contributed by atoms with Crippen LogP contribution in [0, 0.1) is 6.92 Å². The minimum absolute atomic E-state index is 0.0132. The number of aryl methyl sites for hydroxylation is 1. The van der Waals surface area contributed by atoms with E-state index in [-0.39, 0.29) is 18.6 Å². The van der Waals surface area contributed by atoms with Crippen LogP contribution in [0.1, 0.15) is 22.7 Å². The second-order valence-electron chi connectivity index (χ2n) is 5.12. The van der Waals surface area contributed by atoms with E-state index in [4.69, 9.17) is 0 Å². The second-order valence-corrected chi connectivity index (χ2v) is 5.12. The Kier molecular flexibility index (Phi) is 5.89. The van der Waals surface area contributed by atoms with Gasteiger partial charge in [0.05, 0.1) is 6.04 Å². The summed E-state index contributed by atoms with van der Waals surface area (Å²) in [7, 11) is 0. The van der Waals surface area contributed by atoms with E-state index in [0.717, 1.165) is 16.7 Å². The number of carbonyl (C=O) groups excluding carboxylic acids is 1. The number of hydrogen-bond donors (Lipinski definition) is 2. The monoisotopic (exact) mass is 301 g/mol. The SMILES string of the molecule is Cc1cccc(C(Cc2cccnc2)NC(=O)NCCF)c1. The van der Waals surface area contributed by atoms with Crippen LogP contribution in [0.4, 0.5) is 9.18 Å². The van der Waals surface area contributed by atoms with Crippen molar-refractivity contribution in [3.63, 3.8) is 0 Å². The van der Waals surface area contributed by atoms with Crippen LogP contribution in [-0.4, -0.2) is 24.2 Å². The molecule has 0 aliphatic carbocycles. The van der Waals surface area contributed by atoms with Crippen molar-refractivity contribution in [1.29, 1.82) is 0 Å². The van der Waals surface area contributed by atoms with Crippen LogP contribution in [0.15, 0.2) is 48.8 Å². The molecule has 4 nitrogen and oxygen atoms in total. The quantitative estimate of drug-likeness (QED) is 0.862. The molecular formula is C17H20FN3O. The van der Waals surface area contributed by atoms with Gasteiger partial charge in [-0.15, -0.1) is 0 Å². The largest absolute Gasteiger partial charge is 0.336 e. The topological polar surface area (TPSA) is 54.0 Å². The Morgan fingerprint density at radius 3 is 2.86 bits per heavy atom. The van der Waals surface area contributed by atoms with Gasteiger partial charge in [0.2, 0.25) is 0 Å². The first-order chi connectivity index (χ1) is 10.7. The number of rotatable bonds is 6. The predicted molar refractivity (Wildman–Crippen MR) is 84.4 cm³/mol. The first-order valence-electron chi connectivity index (χ1n) is 7.25. The van der Waals surface area contributed by atoms with Crippen LogP contribution < -0.4 is 10.6 Å². The van der Waals surface area contributed by atoms with E-state index in [2.05, 4.69) is 15.6 Å². The van der Waals surface area contributed by atoms with Gasteiger partial charge in [0.15, 0.2) is 0 Å². The van der Waals surface area contributed by atoms with Crippen molar-refractivity contribution < 1.29 is 9.18 Å². The Balaban J connectivity index is 2.15. The van der Waals surface area contributed by atoms with Crippen LogP contribution in [-0.2, 0) is 6.42 Å². The van der Waals surface area contributed by atoms with E-state index in [0.29, 0.717) is 6.42 Å². The first kappa shape index (κ1) is 15.9. The van der Waals surface area contributed by atoms with E-state index in [1.54, 1.807) is 12.4 Å². The fraction of sp³-hybridized carbons (Fsp3) is 0.294. The molecule has 1 heterocycles. The van der Waals surface area contributed by atoms with Gasteiger partial charge in [0, 0.05) is 18.9 Å². The molecule has 0 aliphatic heterocycles. The molecule has 1 aromatic heterocycles. The average molecular weight is 301 g/mol. The number of urea groups is 1. The number of benzene rings is 1. The molecule has 0 spiro atoms. The smallest absolute Gasteiger partial charge is 0.315 e. The molecule has 22 heavy (non-hydrogen) atoms. The third-order valence-corrected chi connectivity index (χ3v) is 3.29. The Bertz CT molecular complexity index is 604. The first-order valence-corrected chi connectivity index (χ1v) is 7.25. The van der Waals surface area contributed by atoms with Gasteiger partial charge in [-0.25, -0.2) is 9.18 Å². The fourth-order valence-corrected chi connectivity index (χ4v) is 2.26. The molecule has 0 fully saturated rings. The highest BCUT2D eigenvalue weighted by atomic mass is 19.1. The van der Waals surface area contributed by atoms with Crippen molar-refractivity contribution in [2.24, 2.45) is 0 Å². The molecule has 0 bridgehead atoms. The maximum Gasteiger partial charge on any atom is 0.315 e. The molecular weight excluding hydrogens is 281 g/mol. The highest BCUT2D eigenvalue weighted by Crippen LogP contribution is 2.19. The van der Waals surface area contributed by atoms with Crippen molar-refractivity contribution in [3.8, 4) is 0 Å². The van der Waals surface area contributed by atoms with Crippen molar-refractivity contribution in [2.75, 3.05) is 13.2 Å². The van der Waals surface area contributed by atoms with Gasteiger partial charge in [0.1, 0.15) is 6.67 Å². The molecule has 2 aromatic rings. The fourth-order valence-electron chi connectivity index (χ4n) is 2.26. The van der Waals surface area contributed by atoms with Gasteiger partial charge in [-0.1, -0.05) is 35.9 Å². The third-order valence-electron chi connectivity index (χ3n) is 3.29. The van der Waals surface area contributed by atoms with Crippen molar-refractivity contribution in [2.45, 2.75) is 19.4 Å². The molecule has 1 aromatic carbocycles. The molecule has 2 amide bonds.